The number of halogens is 2. The lowest BCUT2D eigenvalue weighted by Gasteiger charge is -2.20. The molecular weight excluding hydrogens is 252 g/mol. The molecule has 104 valence electrons. The number of rotatable bonds is 4. The summed E-state index contributed by atoms with van der Waals surface area (Å²) in [5, 5.41) is 2.72. The fraction of sp³-hybridized carbons (Fsp3) is 0.429. The molecule has 0 aliphatic heterocycles. The van der Waals surface area contributed by atoms with Crippen LogP contribution in [0.4, 0.5) is 8.78 Å². The highest BCUT2D eigenvalue weighted by Gasteiger charge is 2.16. The van der Waals surface area contributed by atoms with Gasteiger partial charge in [-0.25, -0.2) is 8.78 Å². The van der Waals surface area contributed by atoms with Crippen LogP contribution >= 0.6 is 0 Å². The van der Waals surface area contributed by atoms with Gasteiger partial charge in [0.2, 0.25) is 5.91 Å². The third-order valence-electron chi connectivity index (χ3n) is 2.34. The first-order chi connectivity index (χ1) is 8.69. The van der Waals surface area contributed by atoms with Crippen LogP contribution in [-0.4, -0.2) is 17.2 Å². The van der Waals surface area contributed by atoms with Crippen LogP contribution < -0.4 is 5.32 Å². The Balaban J connectivity index is 2.56. The second-order valence-electron chi connectivity index (χ2n) is 5.35. The first kappa shape index (κ1) is 15.3. The Kier molecular flexibility index (Phi) is 4.75. The number of hydrogen-bond donors (Lipinski definition) is 1. The fourth-order valence-electron chi connectivity index (χ4n) is 1.52. The molecule has 0 aliphatic rings. The molecule has 0 atom stereocenters. The minimum absolute atomic E-state index is 0.0229. The number of carbonyl (C=O) groups is 2. The molecule has 0 unspecified atom stereocenters. The third kappa shape index (κ3) is 5.16. The van der Waals surface area contributed by atoms with Gasteiger partial charge in [0, 0.05) is 23.9 Å². The quantitative estimate of drug-likeness (QED) is 0.854. The molecule has 0 bridgehead atoms. The van der Waals surface area contributed by atoms with Crippen molar-refractivity contribution in [1.29, 1.82) is 0 Å². The van der Waals surface area contributed by atoms with Crippen LogP contribution in [0.25, 0.3) is 0 Å². The molecule has 0 heterocycles. The van der Waals surface area contributed by atoms with Gasteiger partial charge in [-0.05, 0) is 39.0 Å². The average molecular weight is 269 g/mol. The van der Waals surface area contributed by atoms with Crippen molar-refractivity contribution in [2.75, 3.05) is 0 Å². The van der Waals surface area contributed by atoms with E-state index < -0.39 is 11.6 Å². The summed E-state index contributed by atoms with van der Waals surface area (Å²) >= 11 is 0. The molecule has 1 aromatic carbocycles. The summed E-state index contributed by atoms with van der Waals surface area (Å²) in [6, 6.07) is 2.96. The Labute approximate surface area is 111 Å². The summed E-state index contributed by atoms with van der Waals surface area (Å²) in [7, 11) is 0. The SMILES string of the molecule is CC(C)(C)NC(=O)CCC(=O)c1ccc(F)c(F)c1. The molecule has 0 saturated heterocycles. The van der Waals surface area contributed by atoms with Crippen molar-refractivity contribution in [3.63, 3.8) is 0 Å². The van der Waals surface area contributed by atoms with Crippen molar-refractivity contribution in [1.82, 2.24) is 5.32 Å². The summed E-state index contributed by atoms with van der Waals surface area (Å²) in [4.78, 5) is 23.2. The van der Waals surface area contributed by atoms with Gasteiger partial charge in [0.05, 0.1) is 0 Å². The molecule has 0 aliphatic carbocycles. The van der Waals surface area contributed by atoms with Crippen LogP contribution in [0, 0.1) is 11.6 Å². The molecule has 3 nitrogen and oxygen atoms in total. The Bertz CT molecular complexity index is 493. The molecular formula is C14H17F2NO2. The molecule has 5 heteroatoms. The molecule has 1 aromatic rings. The zero-order valence-corrected chi connectivity index (χ0v) is 11.2. The lowest BCUT2D eigenvalue weighted by molar-refractivity contribution is -0.122. The summed E-state index contributed by atoms with van der Waals surface area (Å²) in [5.41, 5.74) is -0.287. The molecule has 0 aromatic heterocycles. The summed E-state index contributed by atoms with van der Waals surface area (Å²) in [5.74, 6) is -2.70. The zero-order valence-electron chi connectivity index (χ0n) is 11.2. The van der Waals surface area contributed by atoms with E-state index in [0.717, 1.165) is 12.1 Å². The highest BCUT2D eigenvalue weighted by molar-refractivity contribution is 5.97. The first-order valence-electron chi connectivity index (χ1n) is 5.98. The summed E-state index contributed by atoms with van der Waals surface area (Å²) < 4.78 is 25.7. The number of hydrogen-bond acceptors (Lipinski definition) is 2. The number of ketones is 1. The summed E-state index contributed by atoms with van der Waals surface area (Å²) in [6.07, 6.45) is -0.0118. The van der Waals surface area contributed by atoms with Crippen molar-refractivity contribution in [3.05, 3.63) is 35.4 Å². The largest absolute Gasteiger partial charge is 0.351 e. The molecule has 0 radical (unpaired) electrons. The number of amides is 1. The van der Waals surface area contributed by atoms with Gasteiger partial charge in [-0.3, -0.25) is 9.59 Å². The van der Waals surface area contributed by atoms with Crippen LogP contribution in [0.2, 0.25) is 0 Å². The van der Waals surface area contributed by atoms with E-state index in [0.29, 0.717) is 0 Å². The van der Waals surface area contributed by atoms with E-state index in [4.69, 9.17) is 0 Å². The molecule has 0 fully saturated rings. The average Bonchev–Trinajstić information content (AvgIpc) is 2.27. The highest BCUT2D eigenvalue weighted by Crippen LogP contribution is 2.11. The Morgan fingerprint density at radius 2 is 1.74 bits per heavy atom. The lowest BCUT2D eigenvalue weighted by atomic mass is 10.0. The van der Waals surface area contributed by atoms with Gasteiger partial charge in [-0.1, -0.05) is 0 Å². The predicted molar refractivity (Wildman–Crippen MR) is 67.8 cm³/mol. The maximum Gasteiger partial charge on any atom is 0.220 e. The number of carbonyl (C=O) groups excluding carboxylic acids is 2. The van der Waals surface area contributed by atoms with E-state index >= 15 is 0 Å². The highest BCUT2D eigenvalue weighted by atomic mass is 19.2. The smallest absolute Gasteiger partial charge is 0.220 e. The zero-order chi connectivity index (χ0) is 14.6. The standard InChI is InChI=1S/C14H17F2NO2/c1-14(2,3)17-13(19)7-6-12(18)9-4-5-10(15)11(16)8-9/h4-5,8H,6-7H2,1-3H3,(H,17,19). The van der Waals surface area contributed by atoms with Crippen molar-refractivity contribution < 1.29 is 18.4 Å². The second kappa shape index (κ2) is 5.91. The molecule has 1 amide bonds. The van der Waals surface area contributed by atoms with Crippen molar-refractivity contribution in [2.24, 2.45) is 0 Å². The Morgan fingerprint density at radius 3 is 2.26 bits per heavy atom. The van der Waals surface area contributed by atoms with Crippen LogP contribution in [-0.2, 0) is 4.79 Å². The van der Waals surface area contributed by atoms with Gasteiger partial charge in [-0.2, -0.15) is 0 Å². The molecule has 1 rings (SSSR count). The second-order valence-corrected chi connectivity index (χ2v) is 5.35. The number of benzene rings is 1. The van der Waals surface area contributed by atoms with Gasteiger partial charge in [0.15, 0.2) is 17.4 Å². The van der Waals surface area contributed by atoms with Crippen molar-refractivity contribution >= 4 is 11.7 Å². The monoisotopic (exact) mass is 269 g/mol. The van der Waals surface area contributed by atoms with E-state index in [1.54, 1.807) is 0 Å². The van der Waals surface area contributed by atoms with E-state index in [1.807, 2.05) is 20.8 Å². The van der Waals surface area contributed by atoms with E-state index in [-0.39, 0.29) is 35.6 Å². The summed E-state index contributed by atoms with van der Waals surface area (Å²) in [6.45, 7) is 5.51. The van der Waals surface area contributed by atoms with E-state index in [1.165, 1.54) is 6.07 Å². The minimum atomic E-state index is -1.06. The normalized spacial score (nSPS) is 11.2. The van der Waals surface area contributed by atoms with E-state index in [2.05, 4.69) is 5.32 Å². The predicted octanol–water partition coefficient (Wildman–Crippen LogP) is 2.84. The van der Waals surface area contributed by atoms with Gasteiger partial charge in [0.25, 0.3) is 0 Å². The Hall–Kier alpha value is -1.78. The third-order valence-corrected chi connectivity index (χ3v) is 2.34. The van der Waals surface area contributed by atoms with Crippen LogP contribution in [0.15, 0.2) is 18.2 Å². The van der Waals surface area contributed by atoms with Crippen molar-refractivity contribution in [2.45, 2.75) is 39.2 Å². The van der Waals surface area contributed by atoms with Crippen LogP contribution in [0.3, 0.4) is 0 Å². The Morgan fingerprint density at radius 1 is 1.11 bits per heavy atom. The first-order valence-corrected chi connectivity index (χ1v) is 5.98. The molecule has 1 N–H and O–H groups in total. The molecule has 0 saturated carbocycles. The number of nitrogens with one attached hydrogen (secondary N) is 1. The fourth-order valence-corrected chi connectivity index (χ4v) is 1.52. The van der Waals surface area contributed by atoms with E-state index in [9.17, 15) is 18.4 Å². The van der Waals surface area contributed by atoms with Gasteiger partial charge >= 0.3 is 0 Å². The lowest BCUT2D eigenvalue weighted by Crippen LogP contribution is -2.40. The van der Waals surface area contributed by atoms with Gasteiger partial charge in [0.1, 0.15) is 0 Å². The van der Waals surface area contributed by atoms with Crippen LogP contribution in [0.5, 0.6) is 0 Å². The maximum atomic E-state index is 13.0. The van der Waals surface area contributed by atoms with Gasteiger partial charge < -0.3 is 5.32 Å². The van der Waals surface area contributed by atoms with Gasteiger partial charge in [-0.15, -0.1) is 0 Å². The maximum absolute atomic E-state index is 13.0. The van der Waals surface area contributed by atoms with Crippen molar-refractivity contribution in [3.8, 4) is 0 Å². The van der Waals surface area contributed by atoms with Crippen LogP contribution in [0.1, 0.15) is 44.0 Å². The molecule has 0 spiro atoms. The topological polar surface area (TPSA) is 46.2 Å². The number of Topliss-reactive ketones (excluding diaryl/α,β-unsaturated/α-hetero) is 1. The minimum Gasteiger partial charge on any atom is -0.351 e. The molecule has 19 heavy (non-hydrogen) atoms.